The summed E-state index contributed by atoms with van der Waals surface area (Å²) in [4.78, 5) is -0.569. The molecular formula is C17H13F2NO4S. The molecule has 0 fully saturated rings. The summed E-state index contributed by atoms with van der Waals surface area (Å²) in [5.41, 5.74) is 0.733. The molecule has 1 N–H and O–H groups in total. The lowest BCUT2D eigenvalue weighted by molar-refractivity contribution is 0.176. The summed E-state index contributed by atoms with van der Waals surface area (Å²) in [5.74, 6) is -2.94. The van der Waals surface area contributed by atoms with Crippen molar-refractivity contribution in [2.45, 2.75) is 29.6 Å². The van der Waals surface area contributed by atoms with Crippen LogP contribution in [0.5, 0.6) is 11.5 Å². The van der Waals surface area contributed by atoms with Gasteiger partial charge in [0.1, 0.15) is 11.5 Å². The second kappa shape index (κ2) is 6.43. The number of alkyl halides is 2. The van der Waals surface area contributed by atoms with Crippen LogP contribution in [0.1, 0.15) is 29.2 Å². The van der Waals surface area contributed by atoms with Crippen molar-refractivity contribution in [1.82, 2.24) is 0 Å². The molecule has 1 atom stereocenters. The topological polar surface area (TPSA) is 87.4 Å². The van der Waals surface area contributed by atoms with Crippen LogP contribution >= 0.6 is 0 Å². The molecule has 0 radical (unpaired) electrons. The van der Waals surface area contributed by atoms with E-state index < -0.39 is 26.6 Å². The Hall–Kier alpha value is -2.50. The van der Waals surface area contributed by atoms with Gasteiger partial charge in [0.25, 0.3) is 0 Å². The number of hydrogen-bond donors (Lipinski definition) is 1. The van der Waals surface area contributed by atoms with Crippen molar-refractivity contribution in [3.63, 3.8) is 0 Å². The minimum Gasteiger partial charge on any atom is -0.457 e. The zero-order valence-electron chi connectivity index (χ0n) is 12.8. The number of benzene rings is 2. The SMILES string of the molecule is N#Cc1cccc(Oc2ccc(S(=O)(=O)C(F)F)c3c2CCC3O)c1. The molecular weight excluding hydrogens is 352 g/mol. The van der Waals surface area contributed by atoms with Crippen LogP contribution in [0.25, 0.3) is 0 Å². The molecule has 8 heteroatoms. The van der Waals surface area contributed by atoms with Gasteiger partial charge in [-0.2, -0.15) is 14.0 Å². The highest BCUT2D eigenvalue weighted by molar-refractivity contribution is 7.91. The van der Waals surface area contributed by atoms with Crippen LogP contribution in [0.4, 0.5) is 8.78 Å². The number of ether oxygens (including phenoxy) is 1. The van der Waals surface area contributed by atoms with Gasteiger partial charge in [-0.3, -0.25) is 0 Å². The average molecular weight is 365 g/mol. The van der Waals surface area contributed by atoms with Crippen molar-refractivity contribution < 1.29 is 27.0 Å². The molecule has 3 rings (SSSR count). The summed E-state index contributed by atoms with van der Waals surface area (Å²) >= 11 is 0. The van der Waals surface area contributed by atoms with Gasteiger partial charge in [-0.1, -0.05) is 6.07 Å². The Morgan fingerprint density at radius 3 is 2.72 bits per heavy atom. The number of rotatable bonds is 4. The number of hydrogen-bond acceptors (Lipinski definition) is 5. The van der Waals surface area contributed by atoms with E-state index in [2.05, 4.69) is 0 Å². The van der Waals surface area contributed by atoms with Crippen LogP contribution < -0.4 is 4.74 Å². The number of fused-ring (bicyclic) bond motifs is 1. The summed E-state index contributed by atoms with van der Waals surface area (Å²) < 4.78 is 55.2. The van der Waals surface area contributed by atoms with Gasteiger partial charge < -0.3 is 9.84 Å². The molecule has 0 saturated carbocycles. The number of nitrogens with zero attached hydrogens (tertiary/aromatic N) is 1. The molecule has 0 aromatic heterocycles. The van der Waals surface area contributed by atoms with Crippen molar-refractivity contribution in [3.8, 4) is 17.6 Å². The van der Waals surface area contributed by atoms with Crippen molar-refractivity contribution in [3.05, 3.63) is 53.1 Å². The minimum atomic E-state index is -4.83. The predicted octanol–water partition coefficient (Wildman–Crippen LogP) is 3.33. The van der Waals surface area contributed by atoms with Crippen LogP contribution in [-0.2, 0) is 16.3 Å². The summed E-state index contributed by atoms with van der Waals surface area (Å²) in [5, 5.41) is 19.0. The van der Waals surface area contributed by atoms with Gasteiger partial charge in [0.2, 0.25) is 9.84 Å². The zero-order chi connectivity index (χ0) is 18.2. The lowest BCUT2D eigenvalue weighted by Crippen LogP contribution is -2.15. The fraction of sp³-hybridized carbons (Fsp3) is 0.235. The van der Waals surface area contributed by atoms with E-state index in [4.69, 9.17) is 10.00 Å². The molecule has 5 nitrogen and oxygen atoms in total. The Morgan fingerprint density at radius 2 is 2.04 bits per heavy atom. The van der Waals surface area contributed by atoms with E-state index in [1.807, 2.05) is 6.07 Å². The summed E-state index contributed by atoms with van der Waals surface area (Å²) in [6.45, 7) is 0. The third-order valence-corrected chi connectivity index (χ3v) is 5.45. The molecule has 0 saturated heterocycles. The van der Waals surface area contributed by atoms with Crippen LogP contribution in [0.2, 0.25) is 0 Å². The highest BCUT2D eigenvalue weighted by Gasteiger charge is 2.36. The number of sulfone groups is 1. The highest BCUT2D eigenvalue weighted by atomic mass is 32.2. The second-order valence-electron chi connectivity index (χ2n) is 5.56. The Labute approximate surface area is 143 Å². The number of aliphatic hydroxyl groups excluding tert-OH is 1. The molecule has 0 amide bonds. The van der Waals surface area contributed by atoms with Gasteiger partial charge in [0.15, 0.2) is 0 Å². The number of halogens is 2. The average Bonchev–Trinajstić information content (AvgIpc) is 2.97. The third-order valence-electron chi connectivity index (χ3n) is 4.01. The molecule has 1 unspecified atom stereocenters. The first-order valence-electron chi connectivity index (χ1n) is 7.38. The first-order chi connectivity index (χ1) is 11.8. The maximum absolute atomic E-state index is 12.9. The number of aliphatic hydroxyl groups is 1. The Kier molecular flexibility index (Phi) is 4.45. The van der Waals surface area contributed by atoms with E-state index in [0.29, 0.717) is 23.3 Å². The van der Waals surface area contributed by atoms with Gasteiger partial charge in [-0.15, -0.1) is 0 Å². The quantitative estimate of drug-likeness (QED) is 0.898. The van der Waals surface area contributed by atoms with Gasteiger partial charge >= 0.3 is 5.76 Å². The van der Waals surface area contributed by atoms with Crippen LogP contribution in [0, 0.1) is 11.3 Å². The number of nitriles is 1. The van der Waals surface area contributed by atoms with E-state index in [0.717, 1.165) is 6.07 Å². The summed E-state index contributed by atoms with van der Waals surface area (Å²) in [6, 6.07) is 10.6. The Balaban J connectivity index is 2.08. The minimum absolute atomic E-state index is 0.0331. The standard InChI is InChI=1S/C17H13F2NO4S/c18-17(19)25(22,23)15-7-6-14(12-4-5-13(21)16(12)15)24-11-3-1-2-10(8-11)9-20/h1-3,6-8,13,17,21H,4-5H2. The molecule has 0 spiro atoms. The van der Waals surface area contributed by atoms with E-state index in [-0.39, 0.29) is 17.7 Å². The largest absolute Gasteiger partial charge is 0.457 e. The van der Waals surface area contributed by atoms with Gasteiger partial charge in [0.05, 0.1) is 22.6 Å². The zero-order valence-corrected chi connectivity index (χ0v) is 13.6. The fourth-order valence-electron chi connectivity index (χ4n) is 2.87. The van der Waals surface area contributed by atoms with Crippen LogP contribution in [-0.4, -0.2) is 19.3 Å². The molecule has 0 bridgehead atoms. The smallest absolute Gasteiger partial charge is 0.341 e. The molecule has 1 aliphatic carbocycles. The predicted molar refractivity (Wildman–Crippen MR) is 84.1 cm³/mol. The first kappa shape index (κ1) is 17.3. The van der Waals surface area contributed by atoms with Crippen molar-refractivity contribution in [2.24, 2.45) is 0 Å². The molecule has 25 heavy (non-hydrogen) atoms. The highest BCUT2D eigenvalue weighted by Crippen LogP contribution is 2.43. The lowest BCUT2D eigenvalue weighted by Gasteiger charge is -2.15. The maximum Gasteiger partial charge on any atom is 0.341 e. The fourth-order valence-corrected chi connectivity index (χ4v) is 3.88. The lowest BCUT2D eigenvalue weighted by atomic mass is 10.1. The van der Waals surface area contributed by atoms with E-state index in [1.54, 1.807) is 18.2 Å². The van der Waals surface area contributed by atoms with Gasteiger partial charge in [0, 0.05) is 11.1 Å². The first-order valence-corrected chi connectivity index (χ1v) is 8.93. The molecule has 1 aliphatic rings. The van der Waals surface area contributed by atoms with Crippen LogP contribution in [0.3, 0.4) is 0 Å². The van der Waals surface area contributed by atoms with Crippen molar-refractivity contribution in [1.29, 1.82) is 5.26 Å². The maximum atomic E-state index is 12.9. The molecule has 0 heterocycles. The summed E-state index contributed by atoms with van der Waals surface area (Å²) in [6.07, 6.45) is -0.622. The summed E-state index contributed by atoms with van der Waals surface area (Å²) in [7, 11) is -4.83. The monoisotopic (exact) mass is 365 g/mol. The third kappa shape index (κ3) is 3.08. The second-order valence-corrected chi connectivity index (χ2v) is 7.44. The normalized spacial score (nSPS) is 16.5. The van der Waals surface area contributed by atoms with Crippen molar-refractivity contribution >= 4 is 9.84 Å². The molecule has 130 valence electrons. The van der Waals surface area contributed by atoms with Gasteiger partial charge in [-0.05, 0) is 43.2 Å². The van der Waals surface area contributed by atoms with E-state index >= 15 is 0 Å². The molecule has 2 aromatic rings. The van der Waals surface area contributed by atoms with E-state index in [9.17, 15) is 22.3 Å². The van der Waals surface area contributed by atoms with Crippen LogP contribution in [0.15, 0.2) is 41.3 Å². The van der Waals surface area contributed by atoms with Gasteiger partial charge in [-0.25, -0.2) is 8.42 Å². The molecule has 2 aromatic carbocycles. The Morgan fingerprint density at radius 1 is 1.28 bits per heavy atom. The van der Waals surface area contributed by atoms with Crippen molar-refractivity contribution in [2.75, 3.05) is 0 Å². The van der Waals surface area contributed by atoms with E-state index in [1.165, 1.54) is 12.1 Å². The Bertz CT molecular complexity index is 967. The molecule has 0 aliphatic heterocycles.